The van der Waals surface area contributed by atoms with E-state index >= 15 is 0 Å². The summed E-state index contributed by atoms with van der Waals surface area (Å²) in [6, 6.07) is 44.2. The molecule has 0 fully saturated rings. The second-order valence-electron chi connectivity index (χ2n) is 11.7. The first kappa shape index (κ1) is 31.0. The van der Waals surface area contributed by atoms with Crippen molar-refractivity contribution < 1.29 is 9.53 Å². The molecule has 2 heterocycles. The molecule has 0 unspecified atom stereocenters. The fourth-order valence-corrected chi connectivity index (χ4v) is 6.25. The van der Waals surface area contributed by atoms with Crippen LogP contribution in [-0.2, 0) is 11.4 Å². The largest absolute Gasteiger partial charge is 0.489 e. The summed E-state index contributed by atoms with van der Waals surface area (Å²) in [5.74, 6) is 1.10. The molecule has 1 amide bonds. The van der Waals surface area contributed by atoms with Crippen LogP contribution in [0, 0.1) is 13.8 Å². The molecule has 1 aliphatic heterocycles. The third kappa shape index (κ3) is 7.01. The Balaban J connectivity index is 1.26. The van der Waals surface area contributed by atoms with Gasteiger partial charge in [0.05, 0.1) is 22.7 Å². The molecule has 0 spiro atoms. The first-order chi connectivity index (χ1) is 23.5. The van der Waals surface area contributed by atoms with Gasteiger partial charge in [-0.25, -0.2) is 4.68 Å². The Hall–Kier alpha value is -5.66. The van der Waals surface area contributed by atoms with Crippen molar-refractivity contribution in [1.82, 2.24) is 9.78 Å². The average molecular weight is 647 g/mol. The van der Waals surface area contributed by atoms with E-state index in [1.165, 1.54) is 16.1 Å². The number of thioether (sulfide) groups is 1. The first-order valence-electron chi connectivity index (χ1n) is 15.8. The van der Waals surface area contributed by atoms with Crippen LogP contribution in [0.1, 0.15) is 22.3 Å². The molecular weight excluding hydrogens is 613 g/mol. The maximum Gasteiger partial charge on any atom is 0.280 e. The van der Waals surface area contributed by atoms with Crippen molar-refractivity contribution in [3.63, 3.8) is 0 Å². The van der Waals surface area contributed by atoms with E-state index in [4.69, 9.17) is 14.9 Å². The third-order valence-electron chi connectivity index (χ3n) is 8.05. The Bertz CT molecular complexity index is 2100. The maximum absolute atomic E-state index is 14.1. The minimum atomic E-state index is -0.172. The predicted molar refractivity (Wildman–Crippen MR) is 196 cm³/mol. The zero-order valence-corrected chi connectivity index (χ0v) is 27.6. The third-order valence-corrected chi connectivity index (χ3v) is 9.07. The number of hydrogen-bond donors (Lipinski definition) is 0. The average Bonchev–Trinajstić information content (AvgIpc) is 3.69. The topological polar surface area (TPSA) is 59.7 Å². The molecule has 5 aromatic carbocycles. The monoisotopic (exact) mass is 646 g/mol. The van der Waals surface area contributed by atoms with Gasteiger partial charge < -0.3 is 4.74 Å². The minimum Gasteiger partial charge on any atom is -0.489 e. The van der Waals surface area contributed by atoms with Crippen molar-refractivity contribution in [3.8, 4) is 22.7 Å². The molecule has 1 aromatic heterocycles. The number of anilines is 1. The van der Waals surface area contributed by atoms with Gasteiger partial charge in [0.15, 0.2) is 0 Å². The van der Waals surface area contributed by atoms with E-state index in [-0.39, 0.29) is 5.91 Å². The van der Waals surface area contributed by atoms with Crippen molar-refractivity contribution >= 4 is 35.1 Å². The van der Waals surface area contributed by atoms with Crippen LogP contribution < -0.4 is 9.75 Å². The first-order valence-corrected chi connectivity index (χ1v) is 16.8. The van der Waals surface area contributed by atoms with Crippen molar-refractivity contribution in [3.05, 3.63) is 167 Å². The molecule has 6 aromatic rings. The Morgan fingerprint density at radius 3 is 2.12 bits per heavy atom. The Kier molecular flexibility index (Phi) is 9.03. The van der Waals surface area contributed by atoms with Gasteiger partial charge in [-0.2, -0.15) is 15.2 Å². The number of hydrogen-bond acceptors (Lipinski definition) is 5. The van der Waals surface area contributed by atoms with E-state index in [9.17, 15) is 4.79 Å². The van der Waals surface area contributed by atoms with E-state index in [2.05, 4.69) is 62.4 Å². The Morgan fingerprint density at radius 2 is 1.42 bits per heavy atom. The molecule has 6 nitrogen and oxygen atoms in total. The summed E-state index contributed by atoms with van der Waals surface area (Å²) in [5, 5.41) is 11.4. The molecular formula is C41H34N4O2S. The molecule has 236 valence electrons. The van der Waals surface area contributed by atoms with Crippen molar-refractivity contribution in [2.24, 2.45) is 5.10 Å². The summed E-state index contributed by atoms with van der Waals surface area (Å²) in [6.45, 7) is 4.61. The Labute approximate surface area is 285 Å². The molecule has 0 N–H and O–H groups in total. The number of carbonyl (C=O) groups is 1. The highest BCUT2D eigenvalue weighted by molar-refractivity contribution is 8.00. The highest BCUT2D eigenvalue weighted by Gasteiger charge is 2.31. The SMILES string of the molecule is Cc1ccc(COc2cccc(-c3nn(-c4ccccc4)cc3C=C3C(=O)N(c4ccccc4)N=C3CSc3ccc(C)cc3)c2)cc1. The van der Waals surface area contributed by atoms with Gasteiger partial charge in [-0.1, -0.05) is 96.1 Å². The van der Waals surface area contributed by atoms with Gasteiger partial charge in [0.25, 0.3) is 5.91 Å². The van der Waals surface area contributed by atoms with Crippen LogP contribution in [0.15, 0.2) is 155 Å². The lowest BCUT2D eigenvalue weighted by Crippen LogP contribution is -2.21. The van der Waals surface area contributed by atoms with Crippen LogP contribution in [-0.4, -0.2) is 27.2 Å². The highest BCUT2D eigenvalue weighted by atomic mass is 32.2. The van der Waals surface area contributed by atoms with Crippen LogP contribution in [0.2, 0.25) is 0 Å². The molecule has 0 aliphatic carbocycles. The molecule has 48 heavy (non-hydrogen) atoms. The predicted octanol–water partition coefficient (Wildman–Crippen LogP) is 9.31. The lowest BCUT2D eigenvalue weighted by atomic mass is 10.0. The zero-order valence-electron chi connectivity index (χ0n) is 26.8. The molecule has 7 rings (SSSR count). The van der Waals surface area contributed by atoms with Gasteiger partial charge in [-0.05, 0) is 74.0 Å². The molecule has 7 heteroatoms. The van der Waals surface area contributed by atoms with Crippen LogP contribution in [0.4, 0.5) is 5.69 Å². The summed E-state index contributed by atoms with van der Waals surface area (Å²) >= 11 is 1.66. The van der Waals surface area contributed by atoms with Gasteiger partial charge in [-0.15, -0.1) is 11.8 Å². The normalized spacial score (nSPS) is 13.6. The molecule has 0 radical (unpaired) electrons. The van der Waals surface area contributed by atoms with Gasteiger partial charge in [0.1, 0.15) is 18.1 Å². The fraction of sp³-hybridized carbons (Fsp3) is 0.0976. The van der Waals surface area contributed by atoms with Crippen LogP contribution in [0.5, 0.6) is 5.75 Å². The number of aromatic nitrogens is 2. The smallest absolute Gasteiger partial charge is 0.280 e. The number of hydrazone groups is 1. The van der Waals surface area contributed by atoms with Gasteiger partial charge >= 0.3 is 0 Å². The van der Waals surface area contributed by atoms with Crippen molar-refractivity contribution in [2.45, 2.75) is 25.3 Å². The molecule has 0 bridgehead atoms. The number of aryl methyl sites for hydroxylation is 2. The fourth-order valence-electron chi connectivity index (χ4n) is 5.41. The Morgan fingerprint density at radius 1 is 0.750 bits per heavy atom. The van der Waals surface area contributed by atoms with E-state index in [0.29, 0.717) is 23.6 Å². The van der Waals surface area contributed by atoms with E-state index in [0.717, 1.165) is 44.4 Å². The number of rotatable bonds is 10. The van der Waals surface area contributed by atoms with Gasteiger partial charge in [0.2, 0.25) is 0 Å². The molecule has 0 atom stereocenters. The highest BCUT2D eigenvalue weighted by Crippen LogP contribution is 2.33. The maximum atomic E-state index is 14.1. The minimum absolute atomic E-state index is 0.172. The summed E-state index contributed by atoms with van der Waals surface area (Å²) < 4.78 is 8.06. The lowest BCUT2D eigenvalue weighted by molar-refractivity contribution is -0.114. The number of ether oxygens (including phenoxy) is 1. The molecule has 1 aliphatic rings. The lowest BCUT2D eigenvalue weighted by Gasteiger charge is -2.11. The van der Waals surface area contributed by atoms with Crippen molar-refractivity contribution in [1.29, 1.82) is 0 Å². The molecule has 0 saturated carbocycles. The second-order valence-corrected chi connectivity index (χ2v) is 12.7. The van der Waals surface area contributed by atoms with Crippen LogP contribution in [0.25, 0.3) is 23.0 Å². The standard InChI is InChI=1S/C41H34N4O2S/c1-29-16-20-31(21-17-29)27-47-36-15-9-10-32(24-36)40-33(26-44(43-40)34-11-5-3-6-12-34)25-38-39(28-48-37-22-18-30(2)19-23-37)42-45(41(38)46)35-13-7-4-8-14-35/h3-26H,27-28H2,1-2H3. The van der Waals surface area contributed by atoms with Gasteiger partial charge in [0, 0.05) is 28.0 Å². The summed E-state index contributed by atoms with van der Waals surface area (Å²) in [4.78, 5) is 15.2. The van der Waals surface area contributed by atoms with Gasteiger partial charge in [-0.3, -0.25) is 4.79 Å². The van der Waals surface area contributed by atoms with Crippen molar-refractivity contribution in [2.75, 3.05) is 10.8 Å². The van der Waals surface area contributed by atoms with E-state index in [1.54, 1.807) is 11.8 Å². The van der Waals surface area contributed by atoms with E-state index < -0.39 is 0 Å². The molecule has 0 saturated heterocycles. The number of carbonyl (C=O) groups excluding carboxylic acids is 1. The quantitative estimate of drug-likeness (QED) is 0.110. The summed E-state index contributed by atoms with van der Waals surface area (Å²) in [6.07, 6.45) is 3.90. The zero-order chi connectivity index (χ0) is 32.9. The van der Waals surface area contributed by atoms with Crippen LogP contribution in [0.3, 0.4) is 0 Å². The van der Waals surface area contributed by atoms with E-state index in [1.807, 2.05) is 102 Å². The van der Waals surface area contributed by atoms with Crippen LogP contribution >= 0.6 is 11.8 Å². The number of para-hydroxylation sites is 2. The number of amides is 1. The summed E-state index contributed by atoms with van der Waals surface area (Å²) in [5.41, 5.74) is 8.84. The second kappa shape index (κ2) is 14.0. The number of nitrogens with zero attached hydrogens (tertiary/aromatic N) is 4. The summed E-state index contributed by atoms with van der Waals surface area (Å²) in [7, 11) is 0. The number of benzene rings is 5.